The van der Waals surface area contributed by atoms with Crippen LogP contribution in [0.5, 0.6) is 0 Å². The third kappa shape index (κ3) is 7.44. The lowest BCUT2D eigenvalue weighted by molar-refractivity contribution is -0.130. The van der Waals surface area contributed by atoms with Crippen LogP contribution >= 0.6 is 0 Å². The number of likely N-dealkylation sites (tertiary alicyclic amines) is 1. The number of nitrogens with zero attached hydrogens (tertiary/aromatic N) is 1. The molecule has 1 aromatic carbocycles. The summed E-state index contributed by atoms with van der Waals surface area (Å²) in [5.41, 5.74) is 9.45. The maximum atomic E-state index is 11.8. The van der Waals surface area contributed by atoms with E-state index in [0.717, 1.165) is 44.5 Å². The molecular weight excluding hydrogens is 430 g/mol. The molecule has 0 aromatic heterocycles. The van der Waals surface area contributed by atoms with Crippen LogP contribution in [0, 0.1) is 5.41 Å². The normalized spacial score (nSPS) is 19.6. The topological polar surface area (TPSA) is 166 Å². The molecule has 1 aliphatic heterocycles. The van der Waals surface area contributed by atoms with Crippen molar-refractivity contribution in [2.45, 2.75) is 68.8 Å². The molecule has 0 bridgehead atoms. The van der Waals surface area contributed by atoms with Crippen LogP contribution in [0.3, 0.4) is 0 Å². The van der Waals surface area contributed by atoms with E-state index in [9.17, 15) is 13.2 Å². The fourth-order valence-electron chi connectivity index (χ4n) is 4.02. The second kappa shape index (κ2) is 12.1. The summed E-state index contributed by atoms with van der Waals surface area (Å²) in [6, 6.07) is 5.31. The first-order chi connectivity index (χ1) is 15.2. The fourth-order valence-corrected chi connectivity index (χ4v) is 4.78. The summed E-state index contributed by atoms with van der Waals surface area (Å²) in [7, 11) is -2.18. The number of nitrogens with one attached hydrogen (secondary N) is 4. The number of amides is 1. The van der Waals surface area contributed by atoms with E-state index in [0.29, 0.717) is 11.6 Å². The van der Waals surface area contributed by atoms with Crippen LogP contribution in [0.15, 0.2) is 23.1 Å². The Labute approximate surface area is 194 Å². The number of benzene rings is 1. The van der Waals surface area contributed by atoms with Gasteiger partial charge in [0.1, 0.15) is 5.84 Å². The molecule has 0 spiro atoms. The second-order valence-electron chi connectivity index (χ2n) is 8.28. The smallest absolute Gasteiger partial charge is 0.240 e. The molecule has 1 unspecified atom stereocenters. The van der Waals surface area contributed by atoms with Crippen molar-refractivity contribution in [3.8, 4) is 0 Å². The van der Waals surface area contributed by atoms with Gasteiger partial charge in [0.2, 0.25) is 15.9 Å². The van der Waals surface area contributed by atoms with Gasteiger partial charge in [-0.15, -0.1) is 0 Å². The molecule has 1 aromatic rings. The number of anilines is 1. The Morgan fingerprint density at radius 2 is 1.81 bits per heavy atom. The van der Waals surface area contributed by atoms with Crippen LogP contribution in [0.25, 0.3) is 0 Å². The third-order valence-corrected chi connectivity index (χ3v) is 7.34. The van der Waals surface area contributed by atoms with Crippen molar-refractivity contribution in [3.63, 3.8) is 0 Å². The molecule has 32 heavy (non-hydrogen) atoms. The van der Waals surface area contributed by atoms with Gasteiger partial charge in [-0.1, -0.05) is 19.3 Å². The minimum Gasteiger partial charge on any atom is -0.384 e. The van der Waals surface area contributed by atoms with Gasteiger partial charge < -0.3 is 16.0 Å². The van der Waals surface area contributed by atoms with E-state index in [1.54, 1.807) is 13.0 Å². The molecule has 0 radical (unpaired) electrons. The van der Waals surface area contributed by atoms with Gasteiger partial charge in [0.25, 0.3) is 0 Å². The molecule has 2 fully saturated rings. The van der Waals surface area contributed by atoms with Gasteiger partial charge in [0, 0.05) is 46.2 Å². The summed E-state index contributed by atoms with van der Waals surface area (Å²) in [5, 5.41) is 11.1. The molecule has 10 nitrogen and oxygen atoms in total. The number of hydrogen-bond acceptors (Lipinski definition) is 7. The number of hydrazine groups is 1. The number of rotatable bonds is 6. The lowest BCUT2D eigenvalue weighted by Crippen LogP contribution is -2.49. The van der Waals surface area contributed by atoms with E-state index < -0.39 is 10.0 Å². The predicted molar refractivity (Wildman–Crippen MR) is 131 cm³/mol. The zero-order chi connectivity index (χ0) is 23.7. The van der Waals surface area contributed by atoms with Crippen LogP contribution in [0.2, 0.25) is 0 Å². The molecule has 11 heteroatoms. The minimum absolute atomic E-state index is 0. The number of piperidine rings is 1. The minimum atomic E-state index is -3.53. The van der Waals surface area contributed by atoms with Crippen molar-refractivity contribution < 1.29 is 16.1 Å². The SMILES string of the molecule is CC(=O)N1CCCC(NN)C1.CNS(=O)(=O)c1ccc(NC2CCCCC2)c(C(=N)N)c1.[HH].[HH]. The third-order valence-electron chi connectivity index (χ3n) is 5.93. The van der Waals surface area contributed by atoms with E-state index in [4.69, 9.17) is 17.0 Å². The van der Waals surface area contributed by atoms with Gasteiger partial charge in [-0.25, -0.2) is 13.1 Å². The Bertz CT molecular complexity index is 896. The first-order valence-electron chi connectivity index (χ1n) is 11.1. The monoisotopic (exact) mass is 471 g/mol. The average molecular weight is 472 g/mol. The van der Waals surface area contributed by atoms with Crippen molar-refractivity contribution in [2.24, 2.45) is 11.6 Å². The molecule has 1 heterocycles. The van der Waals surface area contributed by atoms with Crippen LogP contribution in [0.4, 0.5) is 5.69 Å². The van der Waals surface area contributed by atoms with Crippen molar-refractivity contribution in [1.82, 2.24) is 15.0 Å². The number of sulfonamides is 1. The molecule has 8 N–H and O–H groups in total. The van der Waals surface area contributed by atoms with Gasteiger partial charge in [-0.3, -0.25) is 21.5 Å². The number of hydrogen-bond donors (Lipinski definition) is 6. The summed E-state index contributed by atoms with van der Waals surface area (Å²) < 4.78 is 25.9. The molecule has 184 valence electrons. The Hall–Kier alpha value is -2.21. The number of amidine groups is 1. The average Bonchev–Trinajstić information content (AvgIpc) is 2.80. The summed E-state index contributed by atoms with van der Waals surface area (Å²) >= 11 is 0. The van der Waals surface area contributed by atoms with Gasteiger partial charge >= 0.3 is 0 Å². The molecule has 1 atom stereocenters. The van der Waals surface area contributed by atoms with Gasteiger partial charge in [-0.05, 0) is 50.9 Å². The van der Waals surface area contributed by atoms with Gasteiger partial charge in [0.05, 0.1) is 4.90 Å². The summed E-state index contributed by atoms with van der Waals surface area (Å²) in [5.74, 6) is 5.28. The molecule has 3 rings (SSSR count). The van der Waals surface area contributed by atoms with E-state index in [2.05, 4.69) is 15.5 Å². The predicted octanol–water partition coefficient (Wildman–Crippen LogP) is 1.58. The summed E-state index contributed by atoms with van der Waals surface area (Å²) in [4.78, 5) is 12.9. The Kier molecular flexibility index (Phi) is 9.88. The number of carbonyl (C=O) groups is 1. The largest absolute Gasteiger partial charge is 0.384 e. The zero-order valence-electron chi connectivity index (χ0n) is 19.0. The maximum absolute atomic E-state index is 11.8. The Morgan fingerprint density at radius 3 is 2.38 bits per heavy atom. The van der Waals surface area contributed by atoms with Crippen molar-refractivity contribution in [3.05, 3.63) is 23.8 Å². The molecule has 1 aliphatic carbocycles. The van der Waals surface area contributed by atoms with E-state index >= 15 is 0 Å². The molecule has 1 saturated carbocycles. The van der Waals surface area contributed by atoms with Crippen molar-refractivity contribution in [1.29, 1.82) is 5.41 Å². The Morgan fingerprint density at radius 1 is 1.16 bits per heavy atom. The summed E-state index contributed by atoms with van der Waals surface area (Å²) in [6.45, 7) is 3.23. The Balaban J connectivity index is 0.000000716. The first-order valence-corrected chi connectivity index (χ1v) is 12.6. The quantitative estimate of drug-likeness (QED) is 0.158. The lowest BCUT2D eigenvalue weighted by atomic mass is 9.95. The van der Waals surface area contributed by atoms with Crippen LogP contribution < -0.4 is 27.0 Å². The highest BCUT2D eigenvalue weighted by molar-refractivity contribution is 7.89. The molecule has 1 saturated heterocycles. The molecular formula is C21H41N7O3S. The molecule has 2 aliphatic rings. The molecule has 1 amide bonds. The lowest BCUT2D eigenvalue weighted by Gasteiger charge is -2.31. The maximum Gasteiger partial charge on any atom is 0.240 e. The van der Waals surface area contributed by atoms with Crippen LogP contribution in [-0.2, 0) is 14.8 Å². The highest BCUT2D eigenvalue weighted by atomic mass is 32.2. The van der Waals surface area contributed by atoms with Crippen molar-refractivity contribution in [2.75, 3.05) is 25.5 Å². The second-order valence-corrected chi connectivity index (χ2v) is 10.2. The standard InChI is InChI=1S/C14H22N4O2S.C7H15N3O.2H2/c1-17-21(19,20)11-7-8-13(12(9-11)14(15)16)18-10-5-3-2-4-6-10;1-6(11)10-4-2-3-7(5-10)9-8;;/h7-10,17-18H,2-6H2,1H3,(H3,15,16);7,9H,2-5,8H2,1H3;2*1H. The van der Waals surface area contributed by atoms with Crippen LogP contribution in [0.1, 0.15) is 60.3 Å². The van der Waals surface area contributed by atoms with Gasteiger partial charge in [-0.2, -0.15) is 0 Å². The highest BCUT2D eigenvalue weighted by Crippen LogP contribution is 2.25. The number of nitrogens with two attached hydrogens (primary N) is 2. The van der Waals surface area contributed by atoms with E-state index in [-0.39, 0.29) is 25.5 Å². The number of carbonyl (C=O) groups excluding carboxylic acids is 1. The first kappa shape index (κ1) is 26.0. The van der Waals surface area contributed by atoms with E-state index in [1.807, 2.05) is 4.90 Å². The highest BCUT2D eigenvalue weighted by Gasteiger charge is 2.20. The van der Waals surface area contributed by atoms with Gasteiger partial charge in [0.15, 0.2) is 0 Å². The zero-order valence-corrected chi connectivity index (χ0v) is 19.8. The van der Waals surface area contributed by atoms with Crippen LogP contribution in [-0.4, -0.2) is 57.3 Å². The fraction of sp³-hybridized carbons (Fsp3) is 0.619. The van der Waals surface area contributed by atoms with E-state index in [1.165, 1.54) is 38.4 Å². The summed E-state index contributed by atoms with van der Waals surface area (Å²) in [6.07, 6.45) is 7.95. The van der Waals surface area contributed by atoms with Crippen molar-refractivity contribution >= 4 is 27.5 Å². The number of nitrogen functional groups attached to an aromatic ring is 1.